The monoisotopic (exact) mass is 239 g/mol. The molecule has 0 bridgehead atoms. The third-order valence-corrected chi connectivity index (χ3v) is 2.97. The van der Waals surface area contributed by atoms with Gasteiger partial charge in [-0.2, -0.15) is 0 Å². The summed E-state index contributed by atoms with van der Waals surface area (Å²) in [7, 11) is 0. The standard InChI is InChI=1S/C14H13N3O/c1-9-16-12-11(7-10-5-3-2-4-6-10)8-15-13(12)14(18)17-9/h2-6,8,15H,7H2,1H3,(H,16,17,18). The summed E-state index contributed by atoms with van der Waals surface area (Å²) >= 11 is 0. The lowest BCUT2D eigenvalue weighted by atomic mass is 10.1. The molecule has 0 aliphatic rings. The minimum atomic E-state index is -0.114. The molecule has 4 nitrogen and oxygen atoms in total. The van der Waals surface area contributed by atoms with Crippen molar-refractivity contribution in [1.29, 1.82) is 0 Å². The molecule has 0 fully saturated rings. The Bertz CT molecular complexity index is 741. The number of H-pyrrole nitrogens is 2. The van der Waals surface area contributed by atoms with Crippen molar-refractivity contribution in [3.8, 4) is 0 Å². The van der Waals surface area contributed by atoms with Gasteiger partial charge < -0.3 is 9.97 Å². The van der Waals surface area contributed by atoms with Gasteiger partial charge in [0.1, 0.15) is 11.3 Å². The average molecular weight is 239 g/mol. The lowest BCUT2D eigenvalue weighted by Crippen LogP contribution is -2.09. The van der Waals surface area contributed by atoms with Gasteiger partial charge in [0, 0.05) is 18.2 Å². The van der Waals surface area contributed by atoms with Crippen LogP contribution in [0.4, 0.5) is 0 Å². The van der Waals surface area contributed by atoms with Crippen molar-refractivity contribution < 1.29 is 0 Å². The number of nitrogens with one attached hydrogen (secondary N) is 2. The van der Waals surface area contributed by atoms with E-state index in [1.807, 2.05) is 24.4 Å². The number of benzene rings is 1. The Balaban J connectivity index is 2.11. The van der Waals surface area contributed by atoms with E-state index in [1.165, 1.54) is 5.56 Å². The molecule has 0 spiro atoms. The lowest BCUT2D eigenvalue weighted by Gasteiger charge is -2.00. The van der Waals surface area contributed by atoms with Crippen LogP contribution in [-0.4, -0.2) is 15.0 Å². The zero-order chi connectivity index (χ0) is 12.5. The van der Waals surface area contributed by atoms with Crippen molar-refractivity contribution in [2.45, 2.75) is 13.3 Å². The molecule has 0 aliphatic carbocycles. The zero-order valence-corrected chi connectivity index (χ0v) is 10.0. The fourth-order valence-electron chi connectivity index (χ4n) is 2.13. The van der Waals surface area contributed by atoms with Crippen LogP contribution in [0, 0.1) is 6.92 Å². The highest BCUT2D eigenvalue weighted by molar-refractivity contribution is 5.78. The van der Waals surface area contributed by atoms with Crippen molar-refractivity contribution in [2.75, 3.05) is 0 Å². The predicted octanol–water partition coefficient (Wildman–Crippen LogP) is 2.15. The summed E-state index contributed by atoms with van der Waals surface area (Å²) in [4.78, 5) is 21.8. The maximum absolute atomic E-state index is 11.7. The van der Waals surface area contributed by atoms with Crippen molar-refractivity contribution in [2.24, 2.45) is 0 Å². The van der Waals surface area contributed by atoms with Gasteiger partial charge in [-0.05, 0) is 12.5 Å². The van der Waals surface area contributed by atoms with Crippen molar-refractivity contribution >= 4 is 11.0 Å². The van der Waals surface area contributed by atoms with Gasteiger partial charge in [0.15, 0.2) is 0 Å². The van der Waals surface area contributed by atoms with Crippen LogP contribution in [0.25, 0.3) is 11.0 Å². The van der Waals surface area contributed by atoms with Crippen molar-refractivity contribution in [1.82, 2.24) is 15.0 Å². The number of hydrogen-bond donors (Lipinski definition) is 2. The van der Waals surface area contributed by atoms with Gasteiger partial charge in [0.25, 0.3) is 5.56 Å². The molecule has 18 heavy (non-hydrogen) atoms. The molecule has 4 heteroatoms. The molecule has 0 amide bonds. The molecule has 0 saturated heterocycles. The normalized spacial score (nSPS) is 10.9. The molecule has 0 saturated carbocycles. The number of fused-ring (bicyclic) bond motifs is 1. The van der Waals surface area contributed by atoms with E-state index in [1.54, 1.807) is 6.92 Å². The highest BCUT2D eigenvalue weighted by atomic mass is 16.1. The van der Waals surface area contributed by atoms with E-state index in [-0.39, 0.29) is 5.56 Å². The number of rotatable bonds is 2. The van der Waals surface area contributed by atoms with E-state index in [9.17, 15) is 4.79 Å². The van der Waals surface area contributed by atoms with Crippen LogP contribution in [0.2, 0.25) is 0 Å². The van der Waals surface area contributed by atoms with E-state index < -0.39 is 0 Å². The fourth-order valence-corrected chi connectivity index (χ4v) is 2.13. The largest absolute Gasteiger partial charge is 0.355 e. The first-order valence-corrected chi connectivity index (χ1v) is 5.85. The summed E-state index contributed by atoms with van der Waals surface area (Å²) < 4.78 is 0. The molecule has 0 aliphatic heterocycles. The Morgan fingerprint density at radius 2 is 2.00 bits per heavy atom. The second-order valence-electron chi connectivity index (χ2n) is 4.35. The van der Waals surface area contributed by atoms with Gasteiger partial charge in [-0.25, -0.2) is 4.98 Å². The summed E-state index contributed by atoms with van der Waals surface area (Å²) in [6.07, 6.45) is 2.64. The van der Waals surface area contributed by atoms with Crippen LogP contribution in [0.1, 0.15) is 17.0 Å². The van der Waals surface area contributed by atoms with Crippen LogP contribution in [-0.2, 0) is 6.42 Å². The first kappa shape index (κ1) is 10.8. The Kier molecular flexibility index (Phi) is 2.48. The van der Waals surface area contributed by atoms with E-state index in [0.29, 0.717) is 11.3 Å². The second kappa shape index (κ2) is 4.14. The van der Waals surface area contributed by atoms with Gasteiger partial charge in [0.2, 0.25) is 0 Å². The predicted molar refractivity (Wildman–Crippen MR) is 70.7 cm³/mol. The summed E-state index contributed by atoms with van der Waals surface area (Å²) in [6, 6.07) is 10.1. The third-order valence-electron chi connectivity index (χ3n) is 2.97. The van der Waals surface area contributed by atoms with Crippen LogP contribution >= 0.6 is 0 Å². The Hall–Kier alpha value is -2.36. The summed E-state index contributed by atoms with van der Waals surface area (Å²) in [5.74, 6) is 0.640. The molecule has 0 radical (unpaired) electrons. The maximum Gasteiger partial charge on any atom is 0.275 e. The number of nitrogens with zero attached hydrogens (tertiary/aromatic N) is 1. The average Bonchev–Trinajstić information content (AvgIpc) is 2.74. The molecule has 2 N–H and O–H groups in total. The van der Waals surface area contributed by atoms with Crippen LogP contribution in [0.5, 0.6) is 0 Å². The molecule has 90 valence electrons. The summed E-state index contributed by atoms with van der Waals surface area (Å²) in [5, 5.41) is 0. The van der Waals surface area contributed by atoms with Crippen LogP contribution in [0.3, 0.4) is 0 Å². The van der Waals surface area contributed by atoms with Gasteiger partial charge >= 0.3 is 0 Å². The summed E-state index contributed by atoms with van der Waals surface area (Å²) in [6.45, 7) is 1.79. The topological polar surface area (TPSA) is 61.5 Å². The summed E-state index contributed by atoms with van der Waals surface area (Å²) in [5.41, 5.74) is 3.45. The first-order chi connectivity index (χ1) is 8.74. The smallest absolute Gasteiger partial charge is 0.275 e. The third kappa shape index (κ3) is 1.82. The first-order valence-electron chi connectivity index (χ1n) is 5.85. The van der Waals surface area contributed by atoms with E-state index in [2.05, 4.69) is 27.1 Å². The van der Waals surface area contributed by atoms with Gasteiger partial charge in [-0.3, -0.25) is 4.79 Å². The number of aromatic nitrogens is 3. The molecule has 0 unspecified atom stereocenters. The Labute approximate surface area is 104 Å². The molecule has 2 heterocycles. The van der Waals surface area contributed by atoms with E-state index >= 15 is 0 Å². The number of aromatic amines is 2. The number of hydrogen-bond acceptors (Lipinski definition) is 2. The van der Waals surface area contributed by atoms with E-state index in [4.69, 9.17) is 0 Å². The molecule has 3 rings (SSSR count). The van der Waals surface area contributed by atoms with Crippen LogP contribution < -0.4 is 5.56 Å². The quantitative estimate of drug-likeness (QED) is 0.719. The Morgan fingerprint density at radius 1 is 1.22 bits per heavy atom. The molecular weight excluding hydrogens is 226 g/mol. The van der Waals surface area contributed by atoms with E-state index in [0.717, 1.165) is 17.5 Å². The Morgan fingerprint density at radius 3 is 2.78 bits per heavy atom. The minimum absolute atomic E-state index is 0.114. The van der Waals surface area contributed by atoms with Gasteiger partial charge in [-0.15, -0.1) is 0 Å². The van der Waals surface area contributed by atoms with Crippen LogP contribution in [0.15, 0.2) is 41.3 Å². The minimum Gasteiger partial charge on any atom is -0.355 e. The second-order valence-corrected chi connectivity index (χ2v) is 4.35. The highest BCUT2D eigenvalue weighted by Crippen LogP contribution is 2.16. The molecule has 2 aromatic heterocycles. The maximum atomic E-state index is 11.7. The molecule has 0 atom stereocenters. The SMILES string of the molecule is Cc1nc2c(Cc3ccccc3)c[nH]c2c(=O)[nH]1. The highest BCUT2D eigenvalue weighted by Gasteiger charge is 2.09. The molecule has 1 aromatic carbocycles. The lowest BCUT2D eigenvalue weighted by molar-refractivity contribution is 1.05. The zero-order valence-electron chi connectivity index (χ0n) is 10.0. The molecular formula is C14H13N3O. The number of aryl methyl sites for hydroxylation is 1. The van der Waals surface area contributed by atoms with Crippen molar-refractivity contribution in [3.05, 3.63) is 63.8 Å². The fraction of sp³-hybridized carbons (Fsp3) is 0.143. The van der Waals surface area contributed by atoms with Crippen molar-refractivity contribution in [3.63, 3.8) is 0 Å². The van der Waals surface area contributed by atoms with Gasteiger partial charge in [0.05, 0.1) is 5.52 Å². The molecule has 3 aromatic rings. The van der Waals surface area contributed by atoms with Gasteiger partial charge in [-0.1, -0.05) is 30.3 Å².